The predicted octanol–water partition coefficient (Wildman–Crippen LogP) is 4.19. The summed E-state index contributed by atoms with van der Waals surface area (Å²) in [5.41, 5.74) is 1.50. The fourth-order valence-corrected chi connectivity index (χ4v) is 3.61. The molecule has 1 aromatic heterocycles. The standard InChI is InChI=1S/C22H28N2O3/c25-21(12-11-17-6-2-1-3-7-17)23-15-18-8-4-9-19(14-18)22(26)24-16-20-10-5-13-27-20/h4-5,8-10,13-14,17H,1-3,6-7,11-12,15-16H2,(H,23,25)(H,24,26). The Bertz CT molecular complexity index is 734. The third kappa shape index (κ3) is 6.27. The summed E-state index contributed by atoms with van der Waals surface area (Å²) >= 11 is 0. The Morgan fingerprint density at radius 2 is 1.85 bits per heavy atom. The largest absolute Gasteiger partial charge is 0.467 e. The average molecular weight is 368 g/mol. The molecule has 1 aliphatic rings. The molecule has 0 spiro atoms. The van der Waals surface area contributed by atoms with E-state index in [1.54, 1.807) is 18.4 Å². The Hall–Kier alpha value is -2.56. The zero-order valence-corrected chi connectivity index (χ0v) is 15.7. The molecule has 1 aromatic carbocycles. The highest BCUT2D eigenvalue weighted by molar-refractivity contribution is 5.94. The normalized spacial score (nSPS) is 14.7. The lowest BCUT2D eigenvalue weighted by atomic mass is 9.86. The first-order chi connectivity index (χ1) is 13.2. The SMILES string of the molecule is O=C(CCC1CCCCC1)NCc1cccc(C(=O)NCc2ccco2)c1. The van der Waals surface area contributed by atoms with Crippen LogP contribution < -0.4 is 10.6 Å². The van der Waals surface area contributed by atoms with Gasteiger partial charge in [0.05, 0.1) is 12.8 Å². The van der Waals surface area contributed by atoms with Crippen molar-refractivity contribution >= 4 is 11.8 Å². The molecular formula is C22H28N2O3. The fraction of sp³-hybridized carbons (Fsp3) is 0.455. The molecule has 2 aromatic rings. The molecule has 1 fully saturated rings. The maximum Gasteiger partial charge on any atom is 0.251 e. The van der Waals surface area contributed by atoms with Crippen LogP contribution in [0.1, 0.15) is 66.6 Å². The zero-order chi connectivity index (χ0) is 18.9. The van der Waals surface area contributed by atoms with Crippen LogP contribution in [0.3, 0.4) is 0 Å². The van der Waals surface area contributed by atoms with Gasteiger partial charge in [0, 0.05) is 18.5 Å². The van der Waals surface area contributed by atoms with Gasteiger partial charge in [0.25, 0.3) is 5.91 Å². The van der Waals surface area contributed by atoms with Gasteiger partial charge in [-0.2, -0.15) is 0 Å². The summed E-state index contributed by atoms with van der Waals surface area (Å²) in [5, 5.41) is 5.80. The highest BCUT2D eigenvalue weighted by Gasteiger charge is 2.15. The van der Waals surface area contributed by atoms with Crippen LogP contribution in [0.15, 0.2) is 47.1 Å². The first kappa shape index (κ1) is 19.2. The maximum atomic E-state index is 12.3. The lowest BCUT2D eigenvalue weighted by Gasteiger charge is -2.21. The minimum absolute atomic E-state index is 0.0910. The van der Waals surface area contributed by atoms with Crippen molar-refractivity contribution in [2.45, 2.75) is 58.0 Å². The summed E-state index contributed by atoms with van der Waals surface area (Å²) in [4.78, 5) is 24.4. The summed E-state index contributed by atoms with van der Waals surface area (Å²) < 4.78 is 5.21. The van der Waals surface area contributed by atoms with E-state index in [-0.39, 0.29) is 11.8 Å². The van der Waals surface area contributed by atoms with Crippen molar-refractivity contribution in [3.8, 4) is 0 Å². The van der Waals surface area contributed by atoms with Gasteiger partial charge in [-0.05, 0) is 42.2 Å². The monoisotopic (exact) mass is 368 g/mol. The van der Waals surface area contributed by atoms with Crippen molar-refractivity contribution < 1.29 is 14.0 Å². The van der Waals surface area contributed by atoms with Crippen LogP contribution in [0.25, 0.3) is 0 Å². The highest BCUT2D eigenvalue weighted by Crippen LogP contribution is 2.27. The molecule has 5 nitrogen and oxygen atoms in total. The molecule has 144 valence electrons. The lowest BCUT2D eigenvalue weighted by molar-refractivity contribution is -0.121. The van der Waals surface area contributed by atoms with Crippen LogP contribution in [-0.4, -0.2) is 11.8 Å². The summed E-state index contributed by atoms with van der Waals surface area (Å²) in [7, 11) is 0. The summed E-state index contributed by atoms with van der Waals surface area (Å²) in [6.07, 6.45) is 9.65. The van der Waals surface area contributed by atoms with Crippen molar-refractivity contribution in [3.05, 3.63) is 59.5 Å². The van der Waals surface area contributed by atoms with E-state index in [9.17, 15) is 9.59 Å². The van der Waals surface area contributed by atoms with Gasteiger partial charge in [-0.1, -0.05) is 44.2 Å². The molecule has 0 radical (unpaired) electrons. The molecule has 0 unspecified atom stereocenters. The first-order valence-electron chi connectivity index (χ1n) is 9.87. The quantitative estimate of drug-likeness (QED) is 0.734. The van der Waals surface area contributed by atoms with Crippen molar-refractivity contribution in [2.75, 3.05) is 0 Å². The minimum atomic E-state index is -0.156. The molecule has 1 aliphatic carbocycles. The highest BCUT2D eigenvalue weighted by atomic mass is 16.3. The molecule has 0 bridgehead atoms. The Morgan fingerprint density at radius 1 is 1.00 bits per heavy atom. The molecule has 2 N–H and O–H groups in total. The van der Waals surface area contributed by atoms with Crippen molar-refractivity contribution in [3.63, 3.8) is 0 Å². The molecule has 1 saturated carbocycles. The van der Waals surface area contributed by atoms with E-state index in [1.807, 2.05) is 24.3 Å². The number of carbonyl (C=O) groups excluding carboxylic acids is 2. The Morgan fingerprint density at radius 3 is 2.63 bits per heavy atom. The first-order valence-corrected chi connectivity index (χ1v) is 9.87. The molecule has 2 amide bonds. The fourth-order valence-electron chi connectivity index (χ4n) is 3.61. The van der Waals surface area contributed by atoms with Crippen molar-refractivity contribution in [1.29, 1.82) is 0 Å². The Balaban J connectivity index is 1.42. The number of hydrogen-bond donors (Lipinski definition) is 2. The minimum Gasteiger partial charge on any atom is -0.467 e. The van der Waals surface area contributed by atoms with Gasteiger partial charge in [-0.3, -0.25) is 9.59 Å². The van der Waals surface area contributed by atoms with E-state index in [4.69, 9.17) is 4.42 Å². The third-order valence-electron chi connectivity index (χ3n) is 5.19. The van der Waals surface area contributed by atoms with Crippen LogP contribution in [-0.2, 0) is 17.9 Å². The second-order valence-corrected chi connectivity index (χ2v) is 7.28. The van der Waals surface area contributed by atoms with Gasteiger partial charge in [0.15, 0.2) is 0 Å². The summed E-state index contributed by atoms with van der Waals surface area (Å²) in [6, 6.07) is 11.0. The maximum absolute atomic E-state index is 12.3. The van der Waals surface area contributed by atoms with Gasteiger partial charge in [-0.15, -0.1) is 0 Å². The smallest absolute Gasteiger partial charge is 0.251 e. The van der Waals surface area contributed by atoms with E-state index in [2.05, 4.69) is 10.6 Å². The number of hydrogen-bond acceptors (Lipinski definition) is 3. The number of carbonyl (C=O) groups is 2. The van der Waals surface area contributed by atoms with Crippen LogP contribution in [0.5, 0.6) is 0 Å². The second-order valence-electron chi connectivity index (χ2n) is 7.28. The van der Waals surface area contributed by atoms with Crippen LogP contribution in [0, 0.1) is 5.92 Å². The third-order valence-corrected chi connectivity index (χ3v) is 5.19. The van der Waals surface area contributed by atoms with E-state index in [0.717, 1.165) is 12.0 Å². The molecule has 27 heavy (non-hydrogen) atoms. The van der Waals surface area contributed by atoms with E-state index in [0.29, 0.717) is 36.8 Å². The number of rotatable bonds is 8. The molecule has 1 heterocycles. The Labute approximate surface area is 160 Å². The molecule has 0 saturated heterocycles. The van der Waals surface area contributed by atoms with Gasteiger partial charge in [0.2, 0.25) is 5.91 Å². The van der Waals surface area contributed by atoms with Crippen molar-refractivity contribution in [2.24, 2.45) is 5.92 Å². The van der Waals surface area contributed by atoms with E-state index in [1.165, 1.54) is 32.1 Å². The predicted molar refractivity (Wildman–Crippen MR) is 104 cm³/mol. The number of benzene rings is 1. The molecule has 5 heteroatoms. The van der Waals surface area contributed by atoms with E-state index < -0.39 is 0 Å². The zero-order valence-electron chi connectivity index (χ0n) is 15.7. The number of amides is 2. The number of nitrogens with one attached hydrogen (secondary N) is 2. The van der Waals surface area contributed by atoms with Gasteiger partial charge >= 0.3 is 0 Å². The van der Waals surface area contributed by atoms with Gasteiger partial charge in [0.1, 0.15) is 5.76 Å². The summed E-state index contributed by atoms with van der Waals surface area (Å²) in [6.45, 7) is 0.802. The summed E-state index contributed by atoms with van der Waals surface area (Å²) in [5.74, 6) is 1.36. The van der Waals surface area contributed by atoms with Crippen LogP contribution in [0.2, 0.25) is 0 Å². The molecule has 0 atom stereocenters. The van der Waals surface area contributed by atoms with E-state index >= 15 is 0 Å². The van der Waals surface area contributed by atoms with Crippen LogP contribution in [0.4, 0.5) is 0 Å². The molecular weight excluding hydrogens is 340 g/mol. The Kier molecular flexibility index (Phi) is 7.08. The van der Waals surface area contributed by atoms with Gasteiger partial charge < -0.3 is 15.1 Å². The number of furan rings is 1. The topological polar surface area (TPSA) is 71.3 Å². The average Bonchev–Trinajstić information content (AvgIpc) is 3.23. The molecule has 0 aliphatic heterocycles. The second kappa shape index (κ2) is 9.95. The lowest BCUT2D eigenvalue weighted by Crippen LogP contribution is -2.25. The van der Waals surface area contributed by atoms with Crippen molar-refractivity contribution in [1.82, 2.24) is 10.6 Å². The van der Waals surface area contributed by atoms with Crippen LogP contribution >= 0.6 is 0 Å². The molecule has 3 rings (SSSR count). The van der Waals surface area contributed by atoms with Gasteiger partial charge in [-0.25, -0.2) is 0 Å².